The number of halogens is 1. The molecule has 18 heavy (non-hydrogen) atoms. The first-order valence-corrected chi connectivity index (χ1v) is 5.79. The van der Waals surface area contributed by atoms with Gasteiger partial charge in [-0.2, -0.15) is 0 Å². The van der Waals surface area contributed by atoms with E-state index in [0.717, 1.165) is 5.56 Å². The van der Waals surface area contributed by atoms with Gasteiger partial charge in [0.1, 0.15) is 11.7 Å². The average molecular weight is 252 g/mol. The molecular formula is C13H17FN2O2. The summed E-state index contributed by atoms with van der Waals surface area (Å²) in [7, 11) is 3.24. The molecule has 0 saturated heterocycles. The van der Waals surface area contributed by atoms with Crippen LogP contribution in [0, 0.1) is 11.2 Å². The van der Waals surface area contributed by atoms with Gasteiger partial charge in [-0.3, -0.25) is 5.41 Å². The number of nitrogens with one attached hydrogen (secondary N) is 1. The third kappa shape index (κ3) is 2.52. The molecule has 1 heterocycles. The minimum absolute atomic E-state index is 0.0884. The standard InChI is InChI=1S/C13H17FN2O2/c1-17-8-11(18-2)7-16-6-9-3-4-10(14)5-12(9)13(16)15/h3-5,11,15H,6-8H2,1-2H3. The largest absolute Gasteiger partial charge is 0.382 e. The molecule has 0 spiro atoms. The van der Waals surface area contributed by atoms with Gasteiger partial charge in [-0.05, 0) is 17.7 Å². The van der Waals surface area contributed by atoms with Crippen molar-refractivity contribution in [2.45, 2.75) is 12.6 Å². The lowest BCUT2D eigenvalue weighted by atomic mass is 10.1. The van der Waals surface area contributed by atoms with Gasteiger partial charge in [0, 0.05) is 32.9 Å². The highest BCUT2D eigenvalue weighted by Crippen LogP contribution is 2.23. The Morgan fingerprint density at radius 1 is 1.44 bits per heavy atom. The van der Waals surface area contributed by atoms with Crippen LogP contribution in [0.2, 0.25) is 0 Å². The van der Waals surface area contributed by atoms with Gasteiger partial charge in [-0.25, -0.2) is 4.39 Å². The second kappa shape index (κ2) is 5.46. The van der Waals surface area contributed by atoms with E-state index in [2.05, 4.69) is 0 Å². The second-order valence-corrected chi connectivity index (χ2v) is 4.34. The molecule has 1 N–H and O–H groups in total. The summed E-state index contributed by atoms with van der Waals surface area (Å²) in [6.45, 7) is 1.67. The van der Waals surface area contributed by atoms with Crippen LogP contribution in [-0.4, -0.2) is 44.2 Å². The molecule has 1 aromatic carbocycles. The Morgan fingerprint density at radius 2 is 2.22 bits per heavy atom. The average Bonchev–Trinajstić information content (AvgIpc) is 2.66. The highest BCUT2D eigenvalue weighted by Gasteiger charge is 2.26. The number of nitrogens with zero attached hydrogens (tertiary/aromatic N) is 1. The molecule has 1 aliphatic rings. The van der Waals surface area contributed by atoms with E-state index < -0.39 is 0 Å². The monoisotopic (exact) mass is 252 g/mol. The molecular weight excluding hydrogens is 235 g/mol. The van der Waals surface area contributed by atoms with Crippen LogP contribution < -0.4 is 0 Å². The van der Waals surface area contributed by atoms with Crippen molar-refractivity contribution in [1.29, 1.82) is 5.41 Å². The van der Waals surface area contributed by atoms with Crippen LogP contribution in [0.4, 0.5) is 4.39 Å². The van der Waals surface area contributed by atoms with Gasteiger partial charge >= 0.3 is 0 Å². The van der Waals surface area contributed by atoms with Crippen LogP contribution in [0.1, 0.15) is 11.1 Å². The van der Waals surface area contributed by atoms with Crippen LogP contribution in [0.3, 0.4) is 0 Å². The molecule has 1 unspecified atom stereocenters. The molecule has 1 atom stereocenters. The Labute approximate surface area is 106 Å². The van der Waals surface area contributed by atoms with E-state index >= 15 is 0 Å². The zero-order valence-corrected chi connectivity index (χ0v) is 10.6. The van der Waals surface area contributed by atoms with Crippen molar-refractivity contribution >= 4 is 5.84 Å². The van der Waals surface area contributed by atoms with Gasteiger partial charge < -0.3 is 14.4 Å². The fourth-order valence-corrected chi connectivity index (χ4v) is 2.14. The molecule has 0 aliphatic carbocycles. The normalized spacial score (nSPS) is 15.9. The van der Waals surface area contributed by atoms with Gasteiger partial charge in [0.05, 0.1) is 12.7 Å². The molecule has 1 aliphatic heterocycles. The van der Waals surface area contributed by atoms with Crippen LogP contribution in [-0.2, 0) is 16.0 Å². The lowest BCUT2D eigenvalue weighted by Crippen LogP contribution is -2.36. The van der Waals surface area contributed by atoms with Crippen LogP contribution in [0.15, 0.2) is 18.2 Å². The van der Waals surface area contributed by atoms with E-state index in [9.17, 15) is 4.39 Å². The van der Waals surface area contributed by atoms with Gasteiger partial charge in [-0.1, -0.05) is 6.07 Å². The number of hydrogen-bond acceptors (Lipinski definition) is 3. The molecule has 98 valence electrons. The summed E-state index contributed by atoms with van der Waals surface area (Å²) in [5, 5.41) is 8.05. The number of benzene rings is 1. The highest BCUT2D eigenvalue weighted by molar-refractivity contribution is 6.00. The third-order valence-corrected chi connectivity index (χ3v) is 3.11. The maximum absolute atomic E-state index is 13.2. The van der Waals surface area contributed by atoms with E-state index in [-0.39, 0.29) is 11.9 Å². The lowest BCUT2D eigenvalue weighted by Gasteiger charge is -2.23. The fraction of sp³-hybridized carbons (Fsp3) is 0.462. The number of methoxy groups -OCH3 is 2. The first kappa shape index (κ1) is 13.0. The predicted octanol–water partition coefficient (Wildman–Crippen LogP) is 1.63. The second-order valence-electron chi connectivity index (χ2n) is 4.34. The summed E-state index contributed by atoms with van der Waals surface area (Å²) >= 11 is 0. The third-order valence-electron chi connectivity index (χ3n) is 3.11. The Bertz CT molecular complexity index is 451. The van der Waals surface area contributed by atoms with Crippen LogP contribution in [0.5, 0.6) is 0 Å². The highest BCUT2D eigenvalue weighted by atomic mass is 19.1. The van der Waals surface area contributed by atoms with Gasteiger partial charge in [0.15, 0.2) is 0 Å². The quantitative estimate of drug-likeness (QED) is 0.866. The molecule has 0 saturated carbocycles. The Kier molecular flexibility index (Phi) is 3.93. The molecule has 4 nitrogen and oxygen atoms in total. The van der Waals surface area contributed by atoms with Crippen molar-refractivity contribution in [3.8, 4) is 0 Å². The topological polar surface area (TPSA) is 45.5 Å². The van der Waals surface area contributed by atoms with Crippen molar-refractivity contribution < 1.29 is 13.9 Å². The molecule has 0 bridgehead atoms. The predicted molar refractivity (Wildman–Crippen MR) is 66.3 cm³/mol. The molecule has 2 rings (SSSR count). The molecule has 5 heteroatoms. The van der Waals surface area contributed by atoms with E-state index in [1.54, 1.807) is 20.3 Å². The number of ether oxygens (including phenoxy) is 2. The summed E-state index contributed by atoms with van der Waals surface area (Å²) in [4.78, 5) is 1.87. The first-order valence-electron chi connectivity index (χ1n) is 5.79. The zero-order valence-electron chi connectivity index (χ0n) is 10.6. The molecule has 1 aromatic rings. The summed E-state index contributed by atoms with van der Waals surface area (Å²) in [6, 6.07) is 4.58. The number of amidine groups is 1. The SMILES string of the molecule is COCC(CN1Cc2ccc(F)cc2C1=N)OC. The number of rotatable bonds is 5. The van der Waals surface area contributed by atoms with Crippen LogP contribution >= 0.6 is 0 Å². The number of fused-ring (bicyclic) bond motifs is 1. The van der Waals surface area contributed by atoms with Crippen molar-refractivity contribution in [2.24, 2.45) is 0 Å². The van der Waals surface area contributed by atoms with Gasteiger partial charge in [0.25, 0.3) is 0 Å². The Hall–Kier alpha value is -1.46. The minimum atomic E-state index is -0.305. The van der Waals surface area contributed by atoms with Gasteiger partial charge in [-0.15, -0.1) is 0 Å². The van der Waals surface area contributed by atoms with E-state index in [1.165, 1.54) is 12.1 Å². The molecule has 0 amide bonds. The Balaban J connectivity index is 2.09. The van der Waals surface area contributed by atoms with Crippen molar-refractivity contribution in [3.05, 3.63) is 35.1 Å². The molecule has 0 fully saturated rings. The lowest BCUT2D eigenvalue weighted by molar-refractivity contribution is 0.0163. The first-order chi connectivity index (χ1) is 8.65. The summed E-state index contributed by atoms with van der Waals surface area (Å²) in [5.41, 5.74) is 1.65. The van der Waals surface area contributed by atoms with E-state index in [4.69, 9.17) is 14.9 Å². The maximum atomic E-state index is 13.2. The summed E-state index contributed by atoms with van der Waals surface area (Å²) in [5.74, 6) is 0.0446. The minimum Gasteiger partial charge on any atom is -0.382 e. The fourth-order valence-electron chi connectivity index (χ4n) is 2.14. The molecule has 0 aromatic heterocycles. The van der Waals surface area contributed by atoms with Crippen molar-refractivity contribution in [1.82, 2.24) is 4.90 Å². The summed E-state index contributed by atoms with van der Waals surface area (Å²) < 4.78 is 23.5. The van der Waals surface area contributed by atoms with Gasteiger partial charge in [0.2, 0.25) is 0 Å². The Morgan fingerprint density at radius 3 is 2.89 bits per heavy atom. The molecule has 0 radical (unpaired) electrons. The van der Waals surface area contributed by atoms with Crippen molar-refractivity contribution in [2.75, 3.05) is 27.4 Å². The zero-order chi connectivity index (χ0) is 13.1. The van der Waals surface area contributed by atoms with Crippen molar-refractivity contribution in [3.63, 3.8) is 0 Å². The summed E-state index contributed by atoms with van der Waals surface area (Å²) in [6.07, 6.45) is -0.0884. The van der Waals surface area contributed by atoms with Crippen LogP contribution in [0.25, 0.3) is 0 Å². The number of hydrogen-bond donors (Lipinski definition) is 1. The van der Waals surface area contributed by atoms with E-state index in [1.807, 2.05) is 4.90 Å². The van der Waals surface area contributed by atoms with E-state index in [0.29, 0.717) is 31.1 Å². The smallest absolute Gasteiger partial charge is 0.128 e. The maximum Gasteiger partial charge on any atom is 0.128 e.